The number of rotatable bonds is 2. The van der Waals surface area contributed by atoms with Gasteiger partial charge in [0.1, 0.15) is 5.56 Å². The predicted octanol–water partition coefficient (Wildman–Crippen LogP) is 0.996. The summed E-state index contributed by atoms with van der Waals surface area (Å²) in [5.41, 5.74) is 2.81. The Morgan fingerprint density at radius 1 is 1.47 bits per heavy atom. The van der Waals surface area contributed by atoms with Crippen LogP contribution in [0.3, 0.4) is 0 Å². The Balaban J connectivity index is 2.30. The van der Waals surface area contributed by atoms with Crippen molar-refractivity contribution in [2.75, 3.05) is 6.61 Å². The Morgan fingerprint density at radius 3 is 3.00 bits per heavy atom. The minimum Gasteiger partial charge on any atom is -0.462 e. The van der Waals surface area contributed by atoms with Crippen molar-refractivity contribution in [2.24, 2.45) is 0 Å². The van der Waals surface area contributed by atoms with Crippen LogP contribution in [0.5, 0.6) is 0 Å². The third kappa shape index (κ3) is 1.67. The molecule has 2 heterocycles. The zero-order chi connectivity index (χ0) is 13.6. The van der Waals surface area contributed by atoms with Crippen LogP contribution in [0.4, 0.5) is 0 Å². The summed E-state index contributed by atoms with van der Waals surface area (Å²) in [6.45, 7) is 3.79. The number of fused-ring (bicyclic) bond motifs is 2. The molecule has 0 saturated carbocycles. The van der Waals surface area contributed by atoms with E-state index in [0.29, 0.717) is 23.5 Å². The molecule has 0 radical (unpaired) electrons. The molecule has 0 bridgehead atoms. The van der Waals surface area contributed by atoms with E-state index in [1.54, 1.807) is 13.8 Å². The summed E-state index contributed by atoms with van der Waals surface area (Å²) in [7, 11) is 0. The number of nitrogens with zero attached hydrogens (tertiary/aromatic N) is 2. The largest absolute Gasteiger partial charge is 0.462 e. The van der Waals surface area contributed by atoms with E-state index in [0.717, 1.165) is 30.5 Å². The first-order valence-electron chi connectivity index (χ1n) is 6.43. The Morgan fingerprint density at radius 2 is 2.26 bits per heavy atom. The molecule has 0 saturated heterocycles. The molecule has 0 spiro atoms. The molecule has 2 aromatic heterocycles. The Labute approximate surface area is 109 Å². The van der Waals surface area contributed by atoms with Crippen molar-refractivity contribution >= 4 is 11.6 Å². The van der Waals surface area contributed by atoms with Gasteiger partial charge in [-0.2, -0.15) is 0 Å². The number of esters is 1. The lowest BCUT2D eigenvalue weighted by atomic mass is 10.2. The van der Waals surface area contributed by atoms with E-state index in [2.05, 4.69) is 10.1 Å². The molecule has 0 aliphatic heterocycles. The van der Waals surface area contributed by atoms with Crippen molar-refractivity contribution in [3.63, 3.8) is 0 Å². The number of aryl methyl sites for hydroxylation is 2. The van der Waals surface area contributed by atoms with Crippen molar-refractivity contribution in [1.82, 2.24) is 14.6 Å². The molecule has 100 valence electrons. The molecule has 1 aliphatic rings. The van der Waals surface area contributed by atoms with E-state index in [1.165, 1.54) is 4.52 Å². The second kappa shape index (κ2) is 4.22. The number of hydrogen-bond acceptors (Lipinski definition) is 4. The van der Waals surface area contributed by atoms with Crippen molar-refractivity contribution in [2.45, 2.75) is 33.1 Å². The van der Waals surface area contributed by atoms with E-state index in [9.17, 15) is 9.59 Å². The fraction of sp³-hybridized carbons (Fsp3) is 0.462. The van der Waals surface area contributed by atoms with Crippen LogP contribution < -0.4 is 5.56 Å². The van der Waals surface area contributed by atoms with Gasteiger partial charge in [-0.3, -0.25) is 9.89 Å². The van der Waals surface area contributed by atoms with Crippen LogP contribution in [0, 0.1) is 6.92 Å². The van der Waals surface area contributed by atoms with Gasteiger partial charge < -0.3 is 4.74 Å². The van der Waals surface area contributed by atoms with E-state index in [4.69, 9.17) is 4.74 Å². The maximum atomic E-state index is 12.3. The summed E-state index contributed by atoms with van der Waals surface area (Å²) in [6.07, 6.45) is 2.50. The van der Waals surface area contributed by atoms with Crippen LogP contribution in [-0.4, -0.2) is 27.2 Å². The van der Waals surface area contributed by atoms with Gasteiger partial charge in [-0.25, -0.2) is 14.3 Å². The first-order valence-corrected chi connectivity index (χ1v) is 6.43. The Bertz CT molecular complexity index is 727. The summed E-state index contributed by atoms with van der Waals surface area (Å²) < 4.78 is 6.37. The standard InChI is InChI=1S/C13H15N3O3/c1-3-19-13(18)10-7(2)15-16-11(10)14-9-6-4-5-8(9)12(16)17/h15H,3-6H2,1-2H3. The molecular formula is C13H15N3O3. The highest BCUT2D eigenvalue weighted by Crippen LogP contribution is 2.20. The van der Waals surface area contributed by atoms with Gasteiger partial charge in [0.15, 0.2) is 5.65 Å². The average molecular weight is 261 g/mol. The highest BCUT2D eigenvalue weighted by atomic mass is 16.5. The topological polar surface area (TPSA) is 76.5 Å². The van der Waals surface area contributed by atoms with Gasteiger partial charge in [0.25, 0.3) is 5.56 Å². The molecule has 6 heteroatoms. The minimum absolute atomic E-state index is 0.101. The molecule has 1 aliphatic carbocycles. The van der Waals surface area contributed by atoms with E-state index in [1.807, 2.05) is 0 Å². The van der Waals surface area contributed by atoms with Crippen LogP contribution in [0.25, 0.3) is 5.65 Å². The third-order valence-corrected chi connectivity index (χ3v) is 3.46. The summed E-state index contributed by atoms with van der Waals surface area (Å²) in [4.78, 5) is 28.7. The maximum Gasteiger partial charge on any atom is 0.343 e. The van der Waals surface area contributed by atoms with Gasteiger partial charge in [0.05, 0.1) is 12.3 Å². The number of H-pyrrole nitrogens is 1. The second-order valence-electron chi connectivity index (χ2n) is 4.69. The first kappa shape index (κ1) is 12.0. The lowest BCUT2D eigenvalue weighted by Gasteiger charge is -2.02. The molecule has 6 nitrogen and oxygen atoms in total. The zero-order valence-corrected chi connectivity index (χ0v) is 10.9. The fourth-order valence-electron chi connectivity index (χ4n) is 2.60. The summed E-state index contributed by atoms with van der Waals surface area (Å²) >= 11 is 0. The predicted molar refractivity (Wildman–Crippen MR) is 68.5 cm³/mol. The first-order chi connectivity index (χ1) is 9.13. The number of hydrogen-bond donors (Lipinski definition) is 1. The van der Waals surface area contributed by atoms with Gasteiger partial charge in [0.2, 0.25) is 0 Å². The van der Waals surface area contributed by atoms with Crippen LogP contribution in [-0.2, 0) is 17.6 Å². The molecule has 3 rings (SSSR count). The number of carbonyl (C=O) groups is 1. The molecule has 0 unspecified atom stereocenters. The highest BCUT2D eigenvalue weighted by Gasteiger charge is 2.24. The quantitative estimate of drug-likeness (QED) is 0.818. The van der Waals surface area contributed by atoms with E-state index >= 15 is 0 Å². The van der Waals surface area contributed by atoms with Crippen LogP contribution >= 0.6 is 0 Å². The van der Waals surface area contributed by atoms with Crippen LogP contribution in [0.2, 0.25) is 0 Å². The van der Waals surface area contributed by atoms with Crippen LogP contribution in [0.15, 0.2) is 4.79 Å². The second-order valence-corrected chi connectivity index (χ2v) is 4.69. The Hall–Kier alpha value is -2.11. The Kier molecular flexibility index (Phi) is 2.66. The van der Waals surface area contributed by atoms with Crippen molar-refractivity contribution in [3.05, 3.63) is 32.9 Å². The average Bonchev–Trinajstić information content (AvgIpc) is 2.94. The number of aromatic nitrogens is 3. The number of aromatic amines is 1. The normalized spacial score (nSPS) is 13.8. The highest BCUT2D eigenvalue weighted by molar-refractivity contribution is 5.97. The monoisotopic (exact) mass is 261 g/mol. The fourth-order valence-corrected chi connectivity index (χ4v) is 2.60. The van der Waals surface area contributed by atoms with Gasteiger partial charge >= 0.3 is 5.97 Å². The van der Waals surface area contributed by atoms with Gasteiger partial charge in [-0.05, 0) is 33.1 Å². The molecule has 19 heavy (non-hydrogen) atoms. The maximum absolute atomic E-state index is 12.3. The minimum atomic E-state index is -0.441. The molecule has 1 N–H and O–H groups in total. The lowest BCUT2D eigenvalue weighted by Crippen LogP contribution is -2.20. The van der Waals surface area contributed by atoms with Crippen LogP contribution in [0.1, 0.15) is 40.7 Å². The summed E-state index contributed by atoms with van der Waals surface area (Å²) in [5.74, 6) is -0.441. The smallest absolute Gasteiger partial charge is 0.343 e. The molecule has 0 amide bonds. The van der Waals surface area contributed by atoms with Gasteiger partial charge in [0, 0.05) is 11.3 Å². The molecule has 0 fully saturated rings. The van der Waals surface area contributed by atoms with Gasteiger partial charge in [-0.15, -0.1) is 0 Å². The molecule has 0 atom stereocenters. The zero-order valence-electron chi connectivity index (χ0n) is 10.9. The third-order valence-electron chi connectivity index (χ3n) is 3.46. The van der Waals surface area contributed by atoms with E-state index in [-0.39, 0.29) is 5.56 Å². The van der Waals surface area contributed by atoms with Crippen molar-refractivity contribution in [3.8, 4) is 0 Å². The number of nitrogens with one attached hydrogen (secondary N) is 1. The van der Waals surface area contributed by atoms with Gasteiger partial charge in [-0.1, -0.05) is 0 Å². The number of carbonyl (C=O) groups excluding carboxylic acids is 1. The number of ether oxygens (including phenoxy) is 1. The molecular weight excluding hydrogens is 246 g/mol. The summed E-state index contributed by atoms with van der Waals surface area (Å²) in [6, 6.07) is 0. The summed E-state index contributed by atoms with van der Waals surface area (Å²) in [5, 5.41) is 2.91. The molecule has 0 aromatic carbocycles. The van der Waals surface area contributed by atoms with E-state index < -0.39 is 5.97 Å². The molecule has 2 aromatic rings. The van der Waals surface area contributed by atoms with Crippen molar-refractivity contribution < 1.29 is 9.53 Å². The SMILES string of the molecule is CCOC(=O)c1c(C)[nH]n2c(=O)c3c(nc12)CCC3. The van der Waals surface area contributed by atoms with Crippen molar-refractivity contribution in [1.29, 1.82) is 0 Å². The lowest BCUT2D eigenvalue weighted by molar-refractivity contribution is 0.0527.